The number of primary amides is 1. The lowest BCUT2D eigenvalue weighted by molar-refractivity contribution is -0.118. The van der Waals surface area contributed by atoms with Crippen molar-refractivity contribution in [2.24, 2.45) is 11.5 Å². The van der Waals surface area contributed by atoms with Crippen molar-refractivity contribution in [1.29, 1.82) is 0 Å². The highest BCUT2D eigenvalue weighted by molar-refractivity contribution is 5.96. The molecule has 0 bridgehead atoms. The van der Waals surface area contributed by atoms with Gasteiger partial charge in [0.25, 0.3) is 5.91 Å². The van der Waals surface area contributed by atoms with E-state index in [4.69, 9.17) is 11.5 Å². The first-order valence-electron chi connectivity index (χ1n) is 6.40. The minimum atomic E-state index is -0.366. The SMILES string of the molecule is Cc1ccc(C#CCN)cc1C(=O)NCCCC(N)=O. The number of carbonyl (C=O) groups is 2. The molecular weight excluding hydrogens is 254 g/mol. The zero-order valence-corrected chi connectivity index (χ0v) is 11.5. The molecule has 0 unspecified atom stereocenters. The van der Waals surface area contributed by atoms with Crippen LogP contribution in [0.2, 0.25) is 0 Å². The van der Waals surface area contributed by atoms with Crippen molar-refractivity contribution in [3.8, 4) is 11.8 Å². The number of nitrogens with two attached hydrogens (primary N) is 2. The zero-order valence-electron chi connectivity index (χ0n) is 11.5. The Morgan fingerprint density at radius 1 is 1.35 bits per heavy atom. The van der Waals surface area contributed by atoms with Crippen LogP contribution in [0.5, 0.6) is 0 Å². The van der Waals surface area contributed by atoms with Crippen molar-refractivity contribution < 1.29 is 9.59 Å². The van der Waals surface area contributed by atoms with E-state index in [0.717, 1.165) is 11.1 Å². The van der Waals surface area contributed by atoms with E-state index >= 15 is 0 Å². The predicted molar refractivity (Wildman–Crippen MR) is 77.9 cm³/mol. The molecule has 20 heavy (non-hydrogen) atoms. The fraction of sp³-hybridized carbons (Fsp3) is 0.333. The maximum Gasteiger partial charge on any atom is 0.251 e. The normalized spacial score (nSPS) is 9.50. The standard InChI is InChI=1S/C15H19N3O2/c1-11-6-7-12(4-2-8-16)10-13(11)15(20)18-9-3-5-14(17)19/h6-7,10H,3,5,8-9,16H2,1H3,(H2,17,19)(H,18,20). The summed E-state index contributed by atoms with van der Waals surface area (Å²) in [6, 6.07) is 5.43. The number of hydrogen-bond acceptors (Lipinski definition) is 3. The Morgan fingerprint density at radius 2 is 2.10 bits per heavy atom. The first-order chi connectivity index (χ1) is 9.54. The van der Waals surface area contributed by atoms with Crippen LogP contribution < -0.4 is 16.8 Å². The third-order valence-electron chi connectivity index (χ3n) is 2.70. The molecule has 0 aliphatic rings. The average Bonchev–Trinajstić information content (AvgIpc) is 2.42. The second-order valence-corrected chi connectivity index (χ2v) is 4.36. The van der Waals surface area contributed by atoms with Crippen LogP contribution in [-0.2, 0) is 4.79 Å². The van der Waals surface area contributed by atoms with Gasteiger partial charge in [-0.15, -0.1) is 0 Å². The van der Waals surface area contributed by atoms with Gasteiger partial charge in [-0.2, -0.15) is 0 Å². The highest BCUT2D eigenvalue weighted by atomic mass is 16.2. The van der Waals surface area contributed by atoms with Crippen molar-refractivity contribution in [3.63, 3.8) is 0 Å². The van der Waals surface area contributed by atoms with Gasteiger partial charge in [0.05, 0.1) is 6.54 Å². The van der Waals surface area contributed by atoms with Crippen LogP contribution >= 0.6 is 0 Å². The molecule has 0 radical (unpaired) electrons. The molecule has 5 heteroatoms. The molecule has 0 fully saturated rings. The monoisotopic (exact) mass is 273 g/mol. The fourth-order valence-electron chi connectivity index (χ4n) is 1.66. The Morgan fingerprint density at radius 3 is 2.75 bits per heavy atom. The molecule has 5 nitrogen and oxygen atoms in total. The summed E-state index contributed by atoms with van der Waals surface area (Å²) in [5.74, 6) is 5.10. The first-order valence-corrected chi connectivity index (χ1v) is 6.40. The van der Waals surface area contributed by atoms with E-state index in [-0.39, 0.29) is 24.8 Å². The molecule has 1 aromatic carbocycles. The molecule has 0 saturated heterocycles. The number of amides is 2. The number of benzene rings is 1. The Balaban J connectivity index is 2.69. The summed E-state index contributed by atoms with van der Waals surface area (Å²) in [7, 11) is 0. The summed E-state index contributed by atoms with van der Waals surface area (Å²) in [5, 5.41) is 2.76. The Labute approximate surface area is 118 Å². The maximum absolute atomic E-state index is 12.0. The highest BCUT2D eigenvalue weighted by Gasteiger charge is 2.09. The van der Waals surface area contributed by atoms with Crippen LogP contribution in [0, 0.1) is 18.8 Å². The van der Waals surface area contributed by atoms with Gasteiger partial charge in [-0.05, 0) is 31.0 Å². The second-order valence-electron chi connectivity index (χ2n) is 4.36. The maximum atomic E-state index is 12.0. The minimum Gasteiger partial charge on any atom is -0.370 e. The van der Waals surface area contributed by atoms with Crippen molar-refractivity contribution >= 4 is 11.8 Å². The second kappa shape index (κ2) is 7.97. The van der Waals surface area contributed by atoms with E-state index in [9.17, 15) is 9.59 Å². The van der Waals surface area contributed by atoms with Crippen LogP contribution in [0.4, 0.5) is 0 Å². The zero-order chi connectivity index (χ0) is 15.0. The number of rotatable bonds is 5. The molecule has 0 aliphatic heterocycles. The molecule has 1 aromatic rings. The molecule has 0 heterocycles. The number of aryl methyl sites for hydroxylation is 1. The van der Waals surface area contributed by atoms with E-state index in [1.807, 2.05) is 19.1 Å². The Kier molecular flexibility index (Phi) is 6.27. The van der Waals surface area contributed by atoms with Gasteiger partial charge in [0, 0.05) is 24.1 Å². The fourth-order valence-corrected chi connectivity index (χ4v) is 1.66. The Hall–Kier alpha value is -2.32. The lowest BCUT2D eigenvalue weighted by Crippen LogP contribution is -2.26. The van der Waals surface area contributed by atoms with E-state index in [1.54, 1.807) is 6.07 Å². The third-order valence-corrected chi connectivity index (χ3v) is 2.70. The summed E-state index contributed by atoms with van der Waals surface area (Å²) >= 11 is 0. The van der Waals surface area contributed by atoms with Gasteiger partial charge in [0.1, 0.15) is 0 Å². The van der Waals surface area contributed by atoms with E-state index in [2.05, 4.69) is 17.2 Å². The van der Waals surface area contributed by atoms with Gasteiger partial charge in [-0.1, -0.05) is 17.9 Å². The average molecular weight is 273 g/mol. The van der Waals surface area contributed by atoms with Gasteiger partial charge in [0.2, 0.25) is 5.91 Å². The van der Waals surface area contributed by atoms with Crippen molar-refractivity contribution in [2.45, 2.75) is 19.8 Å². The van der Waals surface area contributed by atoms with Crippen molar-refractivity contribution in [3.05, 3.63) is 34.9 Å². The molecule has 0 aromatic heterocycles. The molecule has 0 aliphatic carbocycles. The molecule has 0 atom stereocenters. The Bertz CT molecular complexity index is 556. The smallest absolute Gasteiger partial charge is 0.251 e. The summed E-state index contributed by atoms with van der Waals surface area (Å²) in [4.78, 5) is 22.6. The van der Waals surface area contributed by atoms with E-state index < -0.39 is 0 Å². The van der Waals surface area contributed by atoms with Crippen LogP contribution in [0.1, 0.15) is 34.3 Å². The lowest BCUT2D eigenvalue weighted by atomic mass is 10.0. The highest BCUT2D eigenvalue weighted by Crippen LogP contribution is 2.10. The number of hydrogen-bond donors (Lipinski definition) is 3. The molecule has 0 saturated carbocycles. The first kappa shape index (κ1) is 15.7. The minimum absolute atomic E-state index is 0.177. The van der Waals surface area contributed by atoms with Gasteiger partial charge in [-0.3, -0.25) is 9.59 Å². The van der Waals surface area contributed by atoms with Crippen LogP contribution in [0.3, 0.4) is 0 Å². The van der Waals surface area contributed by atoms with E-state index in [0.29, 0.717) is 18.5 Å². The van der Waals surface area contributed by atoms with Gasteiger partial charge in [0.15, 0.2) is 0 Å². The summed E-state index contributed by atoms with van der Waals surface area (Å²) in [6.45, 7) is 2.56. The predicted octanol–water partition coefficient (Wildman–Crippen LogP) is 0.301. The summed E-state index contributed by atoms with van der Waals surface area (Å²) < 4.78 is 0. The number of nitrogens with one attached hydrogen (secondary N) is 1. The molecular formula is C15H19N3O2. The summed E-state index contributed by atoms with van der Waals surface area (Å²) in [6.07, 6.45) is 0.800. The molecule has 5 N–H and O–H groups in total. The molecule has 106 valence electrons. The quantitative estimate of drug-likeness (QED) is 0.531. The van der Waals surface area contributed by atoms with Crippen LogP contribution in [0.25, 0.3) is 0 Å². The third kappa shape index (κ3) is 5.12. The van der Waals surface area contributed by atoms with Gasteiger partial charge >= 0.3 is 0 Å². The largest absolute Gasteiger partial charge is 0.370 e. The van der Waals surface area contributed by atoms with Gasteiger partial charge in [-0.25, -0.2) is 0 Å². The number of carbonyl (C=O) groups excluding carboxylic acids is 2. The molecule has 1 rings (SSSR count). The molecule has 0 spiro atoms. The van der Waals surface area contributed by atoms with Crippen molar-refractivity contribution in [1.82, 2.24) is 5.32 Å². The van der Waals surface area contributed by atoms with Gasteiger partial charge < -0.3 is 16.8 Å². The van der Waals surface area contributed by atoms with Crippen molar-refractivity contribution in [2.75, 3.05) is 13.1 Å². The lowest BCUT2D eigenvalue weighted by Gasteiger charge is -2.07. The van der Waals surface area contributed by atoms with E-state index in [1.165, 1.54) is 0 Å². The van der Waals surface area contributed by atoms with Crippen LogP contribution in [-0.4, -0.2) is 24.9 Å². The van der Waals surface area contributed by atoms with Crippen LogP contribution in [0.15, 0.2) is 18.2 Å². The molecule has 2 amide bonds. The summed E-state index contributed by atoms with van der Waals surface area (Å²) in [5.41, 5.74) is 12.6. The topological polar surface area (TPSA) is 98.2 Å².